The van der Waals surface area contributed by atoms with Gasteiger partial charge in [0.2, 0.25) is 5.91 Å². The van der Waals surface area contributed by atoms with Crippen LogP contribution in [-0.2, 0) is 17.8 Å². The quantitative estimate of drug-likeness (QED) is 0.845. The third-order valence-electron chi connectivity index (χ3n) is 6.34. The number of carbonyl (C=O) groups is 2. The molecule has 3 rings (SSSR count). The van der Waals surface area contributed by atoms with Crippen molar-refractivity contribution in [3.63, 3.8) is 0 Å². The Kier molecular flexibility index (Phi) is 5.47. The highest BCUT2D eigenvalue weighted by molar-refractivity contribution is 5.91. The van der Waals surface area contributed by atoms with Crippen molar-refractivity contribution >= 4 is 11.9 Å². The number of nitrogens with zero attached hydrogens (tertiary/aromatic N) is 1. The highest BCUT2D eigenvalue weighted by Gasteiger charge is 2.41. The number of amides is 1. The van der Waals surface area contributed by atoms with Gasteiger partial charge in [0.1, 0.15) is 5.75 Å². The van der Waals surface area contributed by atoms with E-state index in [0.717, 1.165) is 31.2 Å². The van der Waals surface area contributed by atoms with Crippen LogP contribution in [0.4, 0.5) is 0 Å². The summed E-state index contributed by atoms with van der Waals surface area (Å²) in [4.78, 5) is 26.8. The van der Waals surface area contributed by atoms with Crippen LogP contribution in [0.3, 0.4) is 0 Å². The number of carboxylic acids is 1. The Bertz CT molecular complexity index is 734. The van der Waals surface area contributed by atoms with E-state index in [1.807, 2.05) is 19.9 Å². The molecule has 0 spiro atoms. The fraction of sp³-hybridized carbons (Fsp3) is 0.619. The normalized spacial score (nSPS) is 22.9. The Morgan fingerprint density at radius 2 is 1.85 bits per heavy atom. The second-order valence-electron chi connectivity index (χ2n) is 8.32. The molecule has 0 radical (unpaired) electrons. The number of aromatic carboxylic acids is 1. The number of carboxylic acid groups (broad SMARTS) is 1. The first-order chi connectivity index (χ1) is 12.7. The zero-order chi connectivity index (χ0) is 19.8. The van der Waals surface area contributed by atoms with Crippen LogP contribution in [0.15, 0.2) is 12.1 Å². The maximum Gasteiger partial charge on any atom is 0.336 e. The Morgan fingerprint density at radius 3 is 2.44 bits per heavy atom. The van der Waals surface area contributed by atoms with Gasteiger partial charge in [-0.15, -0.1) is 0 Å². The summed E-state index contributed by atoms with van der Waals surface area (Å²) in [6, 6.07) is 3.40. The minimum atomic E-state index is -1.00. The Morgan fingerprint density at radius 1 is 1.19 bits per heavy atom. The van der Waals surface area contributed by atoms with E-state index in [1.165, 1.54) is 13.2 Å². The zero-order valence-corrected chi connectivity index (χ0v) is 16.3. The first kappa shape index (κ1) is 19.7. The standard InChI is InChI=1S/C21H29NO5/c1-21(2,14-4-6-15(23)7-5-14)20(26)22-9-8-13-10-16(27-3)11-17(19(24)25)18(13)12-22/h10-11,14-15,23H,4-9,12H2,1-3H3,(H,24,25). The Balaban J connectivity index is 1.82. The van der Waals surface area contributed by atoms with E-state index in [0.29, 0.717) is 30.8 Å². The molecule has 0 bridgehead atoms. The largest absolute Gasteiger partial charge is 0.497 e. The molecular formula is C21H29NO5. The van der Waals surface area contributed by atoms with Crippen LogP contribution in [-0.4, -0.2) is 46.7 Å². The molecule has 1 aliphatic heterocycles. The summed E-state index contributed by atoms with van der Waals surface area (Å²) in [5, 5.41) is 19.3. The van der Waals surface area contributed by atoms with Gasteiger partial charge in [-0.3, -0.25) is 4.79 Å². The number of benzene rings is 1. The van der Waals surface area contributed by atoms with Crippen LogP contribution in [0, 0.1) is 11.3 Å². The van der Waals surface area contributed by atoms with Crippen molar-refractivity contribution in [2.75, 3.05) is 13.7 Å². The SMILES string of the molecule is COc1cc2c(c(C(=O)O)c1)CN(C(=O)C(C)(C)C1CCC(O)CC1)CC2. The molecule has 0 aromatic heterocycles. The lowest BCUT2D eigenvalue weighted by Crippen LogP contribution is -2.47. The first-order valence-electron chi connectivity index (χ1n) is 9.64. The predicted octanol–water partition coefficient (Wildman–Crippen LogP) is 2.86. The van der Waals surface area contributed by atoms with Crippen molar-refractivity contribution < 1.29 is 24.5 Å². The monoisotopic (exact) mass is 375 g/mol. The lowest BCUT2D eigenvalue weighted by Gasteiger charge is -2.41. The van der Waals surface area contributed by atoms with Crippen molar-refractivity contribution in [1.82, 2.24) is 4.90 Å². The highest BCUT2D eigenvalue weighted by Crippen LogP contribution is 2.40. The molecule has 1 amide bonds. The molecule has 148 valence electrons. The molecule has 6 nitrogen and oxygen atoms in total. The molecule has 2 N–H and O–H groups in total. The molecule has 1 aromatic carbocycles. The van der Waals surface area contributed by atoms with Crippen molar-refractivity contribution in [1.29, 1.82) is 0 Å². The molecule has 6 heteroatoms. The van der Waals surface area contributed by atoms with E-state index in [1.54, 1.807) is 4.90 Å². The lowest BCUT2D eigenvalue weighted by atomic mass is 9.69. The van der Waals surface area contributed by atoms with Gasteiger partial charge >= 0.3 is 5.97 Å². The molecule has 2 aliphatic rings. The van der Waals surface area contributed by atoms with Crippen LogP contribution in [0.5, 0.6) is 5.75 Å². The summed E-state index contributed by atoms with van der Waals surface area (Å²) < 4.78 is 5.22. The van der Waals surface area contributed by atoms with E-state index in [-0.39, 0.29) is 23.5 Å². The zero-order valence-electron chi connectivity index (χ0n) is 16.3. The van der Waals surface area contributed by atoms with Crippen molar-refractivity contribution in [3.8, 4) is 5.75 Å². The fourth-order valence-corrected chi connectivity index (χ4v) is 4.50. The lowest BCUT2D eigenvalue weighted by molar-refractivity contribution is -0.145. The fourth-order valence-electron chi connectivity index (χ4n) is 4.50. The Labute approximate surface area is 160 Å². The van der Waals surface area contributed by atoms with E-state index in [4.69, 9.17) is 4.74 Å². The number of aliphatic hydroxyl groups excluding tert-OH is 1. The first-order valence-corrected chi connectivity index (χ1v) is 9.64. The number of hydrogen-bond acceptors (Lipinski definition) is 4. The third-order valence-corrected chi connectivity index (χ3v) is 6.34. The summed E-state index contributed by atoms with van der Waals surface area (Å²) in [7, 11) is 1.52. The third kappa shape index (κ3) is 3.81. The number of rotatable bonds is 4. The molecule has 1 aromatic rings. The summed E-state index contributed by atoms with van der Waals surface area (Å²) >= 11 is 0. The van der Waals surface area contributed by atoms with Gasteiger partial charge in [-0.05, 0) is 61.3 Å². The summed E-state index contributed by atoms with van der Waals surface area (Å²) in [6.45, 7) is 4.87. The van der Waals surface area contributed by atoms with E-state index < -0.39 is 11.4 Å². The molecule has 1 saturated carbocycles. The van der Waals surface area contributed by atoms with Gasteiger partial charge < -0.3 is 19.8 Å². The second kappa shape index (κ2) is 7.50. The average molecular weight is 375 g/mol. The molecule has 0 atom stereocenters. The molecule has 0 saturated heterocycles. The molecule has 1 heterocycles. The van der Waals surface area contributed by atoms with Gasteiger partial charge in [0, 0.05) is 18.5 Å². The maximum absolute atomic E-state index is 13.3. The van der Waals surface area contributed by atoms with Gasteiger partial charge in [-0.25, -0.2) is 4.79 Å². The maximum atomic E-state index is 13.3. The minimum Gasteiger partial charge on any atom is -0.497 e. The van der Waals surface area contributed by atoms with E-state index in [9.17, 15) is 19.8 Å². The van der Waals surface area contributed by atoms with Gasteiger partial charge in [0.25, 0.3) is 0 Å². The van der Waals surface area contributed by atoms with Crippen molar-refractivity contribution in [2.45, 2.75) is 58.6 Å². The number of ether oxygens (including phenoxy) is 1. The van der Waals surface area contributed by atoms with Crippen molar-refractivity contribution in [2.24, 2.45) is 11.3 Å². The molecule has 1 aliphatic carbocycles. The molecule has 27 heavy (non-hydrogen) atoms. The number of methoxy groups -OCH3 is 1. The van der Waals surface area contributed by atoms with Crippen molar-refractivity contribution in [3.05, 3.63) is 28.8 Å². The topological polar surface area (TPSA) is 87.1 Å². The number of fused-ring (bicyclic) bond motifs is 1. The number of aliphatic hydroxyl groups is 1. The smallest absolute Gasteiger partial charge is 0.336 e. The van der Waals surface area contributed by atoms with Gasteiger partial charge in [-0.1, -0.05) is 13.8 Å². The van der Waals surface area contributed by atoms with Crippen LogP contribution < -0.4 is 4.74 Å². The molecule has 1 fully saturated rings. The van der Waals surface area contributed by atoms with Gasteiger partial charge in [-0.2, -0.15) is 0 Å². The minimum absolute atomic E-state index is 0.0710. The predicted molar refractivity (Wildman–Crippen MR) is 101 cm³/mol. The highest BCUT2D eigenvalue weighted by atomic mass is 16.5. The second-order valence-corrected chi connectivity index (χ2v) is 8.32. The molecule has 0 unspecified atom stereocenters. The van der Waals surface area contributed by atoms with Crippen LogP contribution in [0.1, 0.15) is 61.0 Å². The van der Waals surface area contributed by atoms with E-state index in [2.05, 4.69) is 0 Å². The number of carbonyl (C=O) groups excluding carboxylic acids is 1. The van der Waals surface area contributed by atoms with Gasteiger partial charge in [0.05, 0.1) is 18.8 Å². The van der Waals surface area contributed by atoms with Crippen LogP contribution in [0.25, 0.3) is 0 Å². The summed E-state index contributed by atoms with van der Waals surface area (Å²) in [5.41, 5.74) is 1.33. The van der Waals surface area contributed by atoms with Crippen LogP contribution >= 0.6 is 0 Å². The van der Waals surface area contributed by atoms with Gasteiger partial charge in [0.15, 0.2) is 0 Å². The average Bonchev–Trinajstić information content (AvgIpc) is 2.66. The Hall–Kier alpha value is -2.08. The van der Waals surface area contributed by atoms with E-state index >= 15 is 0 Å². The van der Waals surface area contributed by atoms with Crippen LogP contribution in [0.2, 0.25) is 0 Å². The number of hydrogen-bond donors (Lipinski definition) is 2. The molecular weight excluding hydrogens is 346 g/mol. The summed E-state index contributed by atoms with van der Waals surface area (Å²) in [6.07, 6.45) is 3.56. The summed E-state index contributed by atoms with van der Waals surface area (Å²) in [5.74, 6) is -0.154.